The third kappa shape index (κ3) is 4.09. The smallest absolute Gasteiger partial charge is 0.0595 e. The first kappa shape index (κ1) is 15.2. The fraction of sp³-hybridized carbons (Fsp3) is 0.143. The van der Waals surface area contributed by atoms with Crippen LogP contribution >= 0.6 is 35.6 Å². The van der Waals surface area contributed by atoms with E-state index in [2.05, 4.69) is 36.5 Å². The Bertz CT molecular complexity index is 509. The van der Waals surface area contributed by atoms with E-state index in [0.717, 1.165) is 17.8 Å². The van der Waals surface area contributed by atoms with Crippen LogP contribution in [0.25, 0.3) is 0 Å². The molecule has 0 radical (unpaired) electrons. The molecule has 0 spiro atoms. The molecule has 2 aromatic carbocycles. The molecular weight excluding hydrogens is 289 g/mol. The van der Waals surface area contributed by atoms with E-state index in [4.69, 9.17) is 23.2 Å². The Morgan fingerprint density at radius 2 is 1.61 bits per heavy atom. The summed E-state index contributed by atoms with van der Waals surface area (Å²) in [7, 11) is 0. The van der Waals surface area contributed by atoms with Gasteiger partial charge in [-0.25, -0.2) is 0 Å². The van der Waals surface area contributed by atoms with Crippen LogP contribution < -0.4 is 5.32 Å². The lowest BCUT2D eigenvalue weighted by Crippen LogP contribution is -1.99. The van der Waals surface area contributed by atoms with Gasteiger partial charge in [0.2, 0.25) is 0 Å². The highest BCUT2D eigenvalue weighted by molar-refractivity contribution is 6.42. The second-order valence-corrected chi connectivity index (χ2v) is 4.78. The number of hydrogen-bond donors (Lipinski definition) is 1. The minimum Gasteiger partial charge on any atom is -0.381 e. The molecule has 0 unspecified atom stereocenters. The lowest BCUT2D eigenvalue weighted by atomic mass is 10.2. The molecule has 0 amide bonds. The van der Waals surface area contributed by atoms with Crippen molar-refractivity contribution >= 4 is 41.3 Å². The van der Waals surface area contributed by atoms with E-state index in [-0.39, 0.29) is 12.4 Å². The van der Waals surface area contributed by atoms with Crippen LogP contribution in [0.15, 0.2) is 42.5 Å². The zero-order valence-electron chi connectivity index (χ0n) is 9.91. The molecule has 0 aliphatic rings. The minimum absolute atomic E-state index is 0. The maximum atomic E-state index is 5.96. The topological polar surface area (TPSA) is 12.0 Å². The molecule has 0 aliphatic heterocycles. The summed E-state index contributed by atoms with van der Waals surface area (Å²) in [6, 6.07) is 13.9. The SMILES string of the molecule is Cc1ccc(NCc2ccc(Cl)c(Cl)c2)cc1.Cl. The van der Waals surface area contributed by atoms with Crippen molar-refractivity contribution in [1.29, 1.82) is 0 Å². The Balaban J connectivity index is 0.00000162. The van der Waals surface area contributed by atoms with Gasteiger partial charge in [-0.05, 0) is 36.8 Å². The molecule has 0 fully saturated rings. The molecule has 0 aliphatic carbocycles. The largest absolute Gasteiger partial charge is 0.381 e. The van der Waals surface area contributed by atoms with E-state index >= 15 is 0 Å². The van der Waals surface area contributed by atoms with Crippen LogP contribution in [0.1, 0.15) is 11.1 Å². The van der Waals surface area contributed by atoms with Gasteiger partial charge >= 0.3 is 0 Å². The zero-order valence-corrected chi connectivity index (χ0v) is 12.2. The number of aryl methyl sites for hydroxylation is 1. The molecule has 4 heteroatoms. The van der Waals surface area contributed by atoms with E-state index in [1.807, 2.05) is 18.2 Å². The van der Waals surface area contributed by atoms with Gasteiger partial charge in [0.25, 0.3) is 0 Å². The second kappa shape index (κ2) is 6.89. The predicted octanol–water partition coefficient (Wildman–Crippen LogP) is 5.34. The van der Waals surface area contributed by atoms with Crippen molar-refractivity contribution in [2.45, 2.75) is 13.5 Å². The van der Waals surface area contributed by atoms with Gasteiger partial charge in [0.05, 0.1) is 10.0 Å². The van der Waals surface area contributed by atoms with Crippen LogP contribution in [0, 0.1) is 6.92 Å². The van der Waals surface area contributed by atoms with Crippen LogP contribution in [0.3, 0.4) is 0 Å². The van der Waals surface area contributed by atoms with Gasteiger partial charge in [-0.1, -0.05) is 47.0 Å². The Hall–Kier alpha value is -0.890. The molecule has 1 N–H and O–H groups in total. The summed E-state index contributed by atoms with van der Waals surface area (Å²) in [5, 5.41) is 4.51. The van der Waals surface area contributed by atoms with Gasteiger partial charge in [0, 0.05) is 12.2 Å². The van der Waals surface area contributed by atoms with Gasteiger partial charge in [0.1, 0.15) is 0 Å². The van der Waals surface area contributed by atoms with Crippen molar-refractivity contribution in [2.24, 2.45) is 0 Å². The quantitative estimate of drug-likeness (QED) is 0.807. The monoisotopic (exact) mass is 301 g/mol. The van der Waals surface area contributed by atoms with Gasteiger partial charge in [-0.15, -0.1) is 12.4 Å². The summed E-state index contributed by atoms with van der Waals surface area (Å²) < 4.78 is 0. The van der Waals surface area contributed by atoms with Crippen LogP contribution in [0.2, 0.25) is 10.0 Å². The summed E-state index contributed by atoms with van der Waals surface area (Å²) in [4.78, 5) is 0. The number of rotatable bonds is 3. The Morgan fingerprint density at radius 1 is 0.944 bits per heavy atom. The first-order chi connectivity index (χ1) is 8.15. The highest BCUT2D eigenvalue weighted by atomic mass is 35.5. The maximum absolute atomic E-state index is 5.96. The third-order valence-electron chi connectivity index (χ3n) is 2.53. The van der Waals surface area contributed by atoms with Gasteiger partial charge < -0.3 is 5.32 Å². The zero-order chi connectivity index (χ0) is 12.3. The molecule has 0 heterocycles. The fourth-order valence-corrected chi connectivity index (χ4v) is 1.85. The predicted molar refractivity (Wildman–Crippen MR) is 82.2 cm³/mol. The maximum Gasteiger partial charge on any atom is 0.0595 e. The number of halogens is 3. The van der Waals surface area contributed by atoms with E-state index in [0.29, 0.717) is 10.0 Å². The Morgan fingerprint density at radius 3 is 2.22 bits per heavy atom. The Labute approximate surface area is 124 Å². The standard InChI is InChI=1S/C14H13Cl2N.ClH/c1-10-2-5-12(6-3-10)17-9-11-4-7-13(15)14(16)8-11;/h2-8,17H,9H2,1H3;1H. The third-order valence-corrected chi connectivity index (χ3v) is 3.27. The summed E-state index contributed by atoms with van der Waals surface area (Å²) in [5.74, 6) is 0. The van der Waals surface area contributed by atoms with Crippen molar-refractivity contribution in [1.82, 2.24) is 0 Å². The molecule has 2 aromatic rings. The average Bonchev–Trinajstić information content (AvgIpc) is 2.33. The molecule has 1 nitrogen and oxygen atoms in total. The lowest BCUT2D eigenvalue weighted by molar-refractivity contribution is 1.15. The molecule has 0 atom stereocenters. The molecular formula is C14H14Cl3N. The van der Waals surface area contributed by atoms with Gasteiger partial charge in [-0.2, -0.15) is 0 Å². The summed E-state index contributed by atoms with van der Waals surface area (Å²) in [6.45, 7) is 2.81. The van der Waals surface area contributed by atoms with E-state index in [9.17, 15) is 0 Å². The summed E-state index contributed by atoms with van der Waals surface area (Å²) in [6.07, 6.45) is 0. The highest BCUT2D eigenvalue weighted by Crippen LogP contribution is 2.23. The fourth-order valence-electron chi connectivity index (χ4n) is 1.53. The molecule has 96 valence electrons. The Kier molecular flexibility index (Phi) is 5.80. The number of nitrogens with one attached hydrogen (secondary N) is 1. The molecule has 18 heavy (non-hydrogen) atoms. The normalized spacial score (nSPS) is 9.72. The molecule has 0 saturated carbocycles. The van der Waals surface area contributed by atoms with Crippen LogP contribution in [0.4, 0.5) is 5.69 Å². The molecule has 2 rings (SSSR count). The minimum atomic E-state index is 0. The number of benzene rings is 2. The molecule has 0 saturated heterocycles. The first-order valence-electron chi connectivity index (χ1n) is 5.39. The summed E-state index contributed by atoms with van der Waals surface area (Å²) >= 11 is 11.8. The van der Waals surface area contributed by atoms with Crippen molar-refractivity contribution in [3.05, 3.63) is 63.6 Å². The second-order valence-electron chi connectivity index (χ2n) is 3.97. The number of hydrogen-bond acceptors (Lipinski definition) is 1. The highest BCUT2D eigenvalue weighted by Gasteiger charge is 1.99. The van der Waals surface area contributed by atoms with Crippen molar-refractivity contribution in [3.63, 3.8) is 0 Å². The van der Waals surface area contributed by atoms with Crippen LogP contribution in [-0.4, -0.2) is 0 Å². The molecule has 0 bridgehead atoms. The van der Waals surface area contributed by atoms with Crippen LogP contribution in [0.5, 0.6) is 0 Å². The van der Waals surface area contributed by atoms with Gasteiger partial charge in [-0.3, -0.25) is 0 Å². The van der Waals surface area contributed by atoms with Gasteiger partial charge in [0.15, 0.2) is 0 Å². The van der Waals surface area contributed by atoms with Crippen LogP contribution in [-0.2, 0) is 6.54 Å². The van der Waals surface area contributed by atoms with Crippen molar-refractivity contribution in [2.75, 3.05) is 5.32 Å². The number of anilines is 1. The molecule has 0 aromatic heterocycles. The van der Waals surface area contributed by atoms with E-state index in [1.165, 1.54) is 5.56 Å². The summed E-state index contributed by atoms with van der Waals surface area (Å²) in [5.41, 5.74) is 3.46. The lowest BCUT2D eigenvalue weighted by Gasteiger charge is -2.07. The van der Waals surface area contributed by atoms with Crippen molar-refractivity contribution in [3.8, 4) is 0 Å². The van der Waals surface area contributed by atoms with Crippen molar-refractivity contribution < 1.29 is 0 Å². The van der Waals surface area contributed by atoms with E-state index < -0.39 is 0 Å². The first-order valence-corrected chi connectivity index (χ1v) is 6.15. The van der Waals surface area contributed by atoms with E-state index in [1.54, 1.807) is 0 Å². The average molecular weight is 303 g/mol.